The van der Waals surface area contributed by atoms with Crippen molar-refractivity contribution in [3.63, 3.8) is 0 Å². The highest BCUT2D eigenvalue weighted by molar-refractivity contribution is 9.10. The maximum atomic E-state index is 9.69. The maximum Gasteiger partial charge on any atom is 0.231 e. The van der Waals surface area contributed by atoms with Gasteiger partial charge in [-0.25, -0.2) is 0 Å². The Morgan fingerprint density at radius 3 is 2.87 bits per heavy atom. The van der Waals surface area contributed by atoms with Crippen LogP contribution in [0.3, 0.4) is 0 Å². The summed E-state index contributed by atoms with van der Waals surface area (Å²) in [5.74, 6) is 1.76. The lowest BCUT2D eigenvalue weighted by atomic mass is 10.1. The molecule has 1 aliphatic heterocycles. The molecular weight excluding hydrogens is 264 g/mol. The van der Waals surface area contributed by atoms with Gasteiger partial charge in [0.1, 0.15) is 5.75 Å². The summed E-state index contributed by atoms with van der Waals surface area (Å²) in [6.07, 6.45) is -0.673. The van der Waals surface area contributed by atoms with Gasteiger partial charge in [-0.05, 0) is 22.9 Å². The van der Waals surface area contributed by atoms with Crippen molar-refractivity contribution in [1.29, 1.82) is 0 Å². The summed E-state index contributed by atoms with van der Waals surface area (Å²) in [6.45, 7) is 1.83. The molecule has 0 fully saturated rings. The normalized spacial score (nSPS) is 15.2. The van der Waals surface area contributed by atoms with Gasteiger partial charge in [0.25, 0.3) is 0 Å². The van der Waals surface area contributed by atoms with Crippen LogP contribution >= 0.6 is 15.9 Å². The van der Waals surface area contributed by atoms with E-state index in [0.29, 0.717) is 22.8 Å². The highest BCUT2D eigenvalue weighted by Gasteiger charge is 2.26. The summed E-state index contributed by atoms with van der Waals surface area (Å²) < 4.78 is 16.5. The molecule has 0 aromatic heterocycles. The van der Waals surface area contributed by atoms with Crippen LogP contribution in [0.25, 0.3) is 0 Å². The first-order valence-electron chi connectivity index (χ1n) is 4.49. The highest BCUT2D eigenvalue weighted by atomic mass is 79.9. The molecule has 1 aromatic carbocycles. The zero-order valence-electron chi connectivity index (χ0n) is 8.41. The Kier molecular flexibility index (Phi) is 2.75. The molecule has 1 atom stereocenters. The first-order valence-corrected chi connectivity index (χ1v) is 5.28. The molecular formula is C10H11BrO4. The smallest absolute Gasteiger partial charge is 0.231 e. The molecule has 0 aliphatic carbocycles. The van der Waals surface area contributed by atoms with Crippen molar-refractivity contribution in [2.75, 3.05) is 13.9 Å². The lowest BCUT2D eigenvalue weighted by molar-refractivity contribution is 0.162. The van der Waals surface area contributed by atoms with Crippen LogP contribution in [-0.4, -0.2) is 19.0 Å². The van der Waals surface area contributed by atoms with Crippen LogP contribution in [0, 0.1) is 0 Å². The van der Waals surface area contributed by atoms with Gasteiger partial charge >= 0.3 is 0 Å². The van der Waals surface area contributed by atoms with Crippen LogP contribution in [0.4, 0.5) is 0 Å². The van der Waals surface area contributed by atoms with Gasteiger partial charge in [-0.1, -0.05) is 0 Å². The van der Waals surface area contributed by atoms with Crippen molar-refractivity contribution in [3.05, 3.63) is 16.1 Å². The minimum Gasteiger partial charge on any atom is -0.495 e. The molecule has 1 aromatic rings. The van der Waals surface area contributed by atoms with E-state index in [1.165, 1.54) is 0 Å². The third-order valence-electron chi connectivity index (χ3n) is 2.23. The van der Waals surface area contributed by atoms with Gasteiger partial charge in [-0.3, -0.25) is 0 Å². The molecule has 2 rings (SSSR count). The summed E-state index contributed by atoms with van der Waals surface area (Å²) in [4.78, 5) is 0. The first kappa shape index (κ1) is 10.6. The minimum absolute atomic E-state index is 0.175. The molecule has 1 N–H and O–H groups in total. The maximum absolute atomic E-state index is 9.69. The lowest BCUT2D eigenvalue weighted by Crippen LogP contribution is -2.00. The number of fused-ring (bicyclic) bond motifs is 1. The Bertz CT molecular complexity index is 386. The number of hydrogen-bond donors (Lipinski definition) is 1. The van der Waals surface area contributed by atoms with Crippen molar-refractivity contribution in [2.45, 2.75) is 13.0 Å². The Balaban J connectivity index is 2.66. The molecule has 15 heavy (non-hydrogen) atoms. The number of methoxy groups -OCH3 is 1. The van der Waals surface area contributed by atoms with Gasteiger partial charge in [0.05, 0.1) is 23.2 Å². The summed E-state index contributed by atoms with van der Waals surface area (Å²) in [5.41, 5.74) is 0.611. The molecule has 0 radical (unpaired) electrons. The SMILES string of the molecule is COc1c(Br)cc2c(c1C(C)O)OCO2. The summed E-state index contributed by atoms with van der Waals surface area (Å²) >= 11 is 3.36. The van der Waals surface area contributed by atoms with Gasteiger partial charge in [0.2, 0.25) is 6.79 Å². The van der Waals surface area contributed by atoms with Gasteiger partial charge in [0.15, 0.2) is 11.5 Å². The fraction of sp³-hybridized carbons (Fsp3) is 0.400. The average Bonchev–Trinajstić information content (AvgIpc) is 2.62. The average molecular weight is 275 g/mol. The van der Waals surface area contributed by atoms with E-state index in [1.807, 2.05) is 0 Å². The van der Waals surface area contributed by atoms with Crippen LogP contribution in [0.2, 0.25) is 0 Å². The van der Waals surface area contributed by atoms with E-state index in [4.69, 9.17) is 14.2 Å². The Morgan fingerprint density at radius 1 is 1.53 bits per heavy atom. The van der Waals surface area contributed by atoms with Gasteiger partial charge in [-0.2, -0.15) is 0 Å². The molecule has 0 bridgehead atoms. The predicted molar refractivity (Wildman–Crippen MR) is 57.5 cm³/mol. The van der Waals surface area contributed by atoms with Crippen molar-refractivity contribution >= 4 is 15.9 Å². The van der Waals surface area contributed by atoms with E-state index < -0.39 is 6.10 Å². The molecule has 5 heteroatoms. The molecule has 0 spiro atoms. The molecule has 1 unspecified atom stereocenters. The van der Waals surface area contributed by atoms with Crippen LogP contribution in [-0.2, 0) is 0 Å². The number of halogens is 1. The number of rotatable bonds is 2. The Hall–Kier alpha value is -0.940. The van der Waals surface area contributed by atoms with Gasteiger partial charge in [-0.15, -0.1) is 0 Å². The van der Waals surface area contributed by atoms with Crippen molar-refractivity contribution in [2.24, 2.45) is 0 Å². The molecule has 1 heterocycles. The summed E-state index contributed by atoms with van der Waals surface area (Å²) in [6, 6.07) is 1.77. The Morgan fingerprint density at radius 2 is 2.27 bits per heavy atom. The van der Waals surface area contributed by atoms with Crippen LogP contribution < -0.4 is 14.2 Å². The number of hydrogen-bond acceptors (Lipinski definition) is 4. The largest absolute Gasteiger partial charge is 0.495 e. The number of aliphatic hydroxyl groups is 1. The summed E-state index contributed by atoms with van der Waals surface area (Å²) in [7, 11) is 1.55. The third kappa shape index (κ3) is 1.66. The fourth-order valence-corrected chi connectivity index (χ4v) is 2.19. The third-order valence-corrected chi connectivity index (χ3v) is 2.82. The number of ether oxygens (including phenoxy) is 3. The van der Waals surface area contributed by atoms with Gasteiger partial charge in [0, 0.05) is 6.07 Å². The number of benzene rings is 1. The highest BCUT2D eigenvalue weighted by Crippen LogP contribution is 2.47. The zero-order chi connectivity index (χ0) is 11.0. The molecule has 0 saturated heterocycles. The second-order valence-corrected chi connectivity index (χ2v) is 4.07. The van der Waals surface area contributed by atoms with Crippen molar-refractivity contribution < 1.29 is 19.3 Å². The molecule has 1 aliphatic rings. The Labute approximate surface area is 95.9 Å². The van der Waals surface area contributed by atoms with E-state index in [2.05, 4.69) is 15.9 Å². The second kappa shape index (κ2) is 3.90. The zero-order valence-corrected chi connectivity index (χ0v) is 10.00. The van der Waals surface area contributed by atoms with E-state index in [0.717, 1.165) is 4.47 Å². The topological polar surface area (TPSA) is 47.9 Å². The molecule has 82 valence electrons. The predicted octanol–water partition coefficient (Wildman–Crippen LogP) is 2.24. The first-order chi connectivity index (χ1) is 7.15. The van der Waals surface area contributed by atoms with Crippen LogP contribution in [0.1, 0.15) is 18.6 Å². The number of aliphatic hydroxyl groups excluding tert-OH is 1. The minimum atomic E-state index is -0.673. The quantitative estimate of drug-likeness (QED) is 0.899. The van der Waals surface area contributed by atoms with E-state index >= 15 is 0 Å². The van der Waals surface area contributed by atoms with Gasteiger partial charge < -0.3 is 19.3 Å². The lowest BCUT2D eigenvalue weighted by Gasteiger charge is -2.15. The molecule has 0 saturated carbocycles. The van der Waals surface area contributed by atoms with E-state index in [9.17, 15) is 5.11 Å². The standard InChI is InChI=1S/C10H11BrO4/c1-5(12)8-9(13-2)6(11)3-7-10(8)15-4-14-7/h3,5,12H,4H2,1-2H3. The van der Waals surface area contributed by atoms with Crippen LogP contribution in [0.15, 0.2) is 10.5 Å². The molecule has 0 amide bonds. The second-order valence-electron chi connectivity index (χ2n) is 3.22. The van der Waals surface area contributed by atoms with Crippen molar-refractivity contribution in [3.8, 4) is 17.2 Å². The fourth-order valence-electron chi connectivity index (χ4n) is 1.61. The molecule has 4 nitrogen and oxygen atoms in total. The van der Waals surface area contributed by atoms with Crippen LogP contribution in [0.5, 0.6) is 17.2 Å². The van der Waals surface area contributed by atoms with E-state index in [1.54, 1.807) is 20.1 Å². The summed E-state index contributed by atoms with van der Waals surface area (Å²) in [5, 5.41) is 9.69. The van der Waals surface area contributed by atoms with E-state index in [-0.39, 0.29) is 6.79 Å². The van der Waals surface area contributed by atoms with Crippen molar-refractivity contribution in [1.82, 2.24) is 0 Å². The monoisotopic (exact) mass is 274 g/mol.